The fraction of sp³-hybridized carbons (Fsp3) is 0.227. The third kappa shape index (κ3) is 4.41. The van der Waals surface area contributed by atoms with Crippen LogP contribution in [0.5, 0.6) is 11.5 Å². The molecule has 0 unspecified atom stereocenters. The van der Waals surface area contributed by atoms with Crippen molar-refractivity contribution in [2.24, 2.45) is 0 Å². The summed E-state index contributed by atoms with van der Waals surface area (Å²) in [7, 11) is 3.28. The minimum absolute atomic E-state index is 0.0987. The van der Waals surface area contributed by atoms with E-state index >= 15 is 0 Å². The normalized spacial score (nSPS) is 18.0. The van der Waals surface area contributed by atoms with Crippen molar-refractivity contribution in [3.8, 4) is 11.5 Å². The van der Waals surface area contributed by atoms with Crippen LogP contribution in [0.4, 0.5) is 0 Å². The van der Waals surface area contributed by atoms with E-state index in [9.17, 15) is 4.79 Å². The Balaban J connectivity index is 1.86. The molecule has 3 rings (SSSR count). The number of benzene rings is 2. The molecule has 1 heterocycles. The van der Waals surface area contributed by atoms with Gasteiger partial charge in [-0.3, -0.25) is 4.79 Å². The lowest BCUT2D eigenvalue weighted by molar-refractivity contribution is -0.112. The van der Waals surface area contributed by atoms with Gasteiger partial charge >= 0.3 is 0 Å². The van der Waals surface area contributed by atoms with Gasteiger partial charge in [0.15, 0.2) is 5.78 Å². The van der Waals surface area contributed by atoms with Crippen molar-refractivity contribution in [2.75, 3.05) is 27.3 Å². The van der Waals surface area contributed by atoms with Gasteiger partial charge in [-0.1, -0.05) is 24.3 Å². The van der Waals surface area contributed by atoms with Gasteiger partial charge in [-0.15, -0.1) is 0 Å². The summed E-state index contributed by atoms with van der Waals surface area (Å²) in [4.78, 5) is 13.0. The van der Waals surface area contributed by atoms with E-state index in [0.717, 1.165) is 40.3 Å². The van der Waals surface area contributed by atoms with Gasteiger partial charge in [0, 0.05) is 17.7 Å². The number of Topliss-reactive ketones (excluding diaryl/α,β-unsaturated/α-hetero) is 1. The molecule has 1 fully saturated rings. The third-order valence-corrected chi connectivity index (χ3v) is 4.38. The van der Waals surface area contributed by atoms with E-state index in [4.69, 9.17) is 9.47 Å². The zero-order valence-electron chi connectivity index (χ0n) is 15.1. The second kappa shape index (κ2) is 8.50. The Hall–Kier alpha value is -2.85. The lowest BCUT2D eigenvalue weighted by atomic mass is 9.98. The molecule has 0 aliphatic carbocycles. The number of hydrogen-bond acceptors (Lipinski definition) is 4. The summed E-state index contributed by atoms with van der Waals surface area (Å²) in [5, 5.41) is 3.33. The third-order valence-electron chi connectivity index (χ3n) is 4.38. The largest absolute Gasteiger partial charge is 0.497 e. The van der Waals surface area contributed by atoms with Crippen molar-refractivity contribution >= 4 is 17.9 Å². The molecule has 4 nitrogen and oxygen atoms in total. The van der Waals surface area contributed by atoms with Crippen LogP contribution >= 0.6 is 0 Å². The second-order valence-electron chi connectivity index (χ2n) is 6.14. The minimum atomic E-state index is 0.0987. The van der Waals surface area contributed by atoms with Gasteiger partial charge in [0.1, 0.15) is 11.5 Å². The summed E-state index contributed by atoms with van der Waals surface area (Å²) in [5.74, 6) is 1.71. The van der Waals surface area contributed by atoms with Gasteiger partial charge in [0.05, 0.1) is 14.2 Å². The molecule has 134 valence electrons. The van der Waals surface area contributed by atoms with Crippen LogP contribution in [0, 0.1) is 0 Å². The average Bonchev–Trinajstić information content (AvgIpc) is 2.85. The maximum absolute atomic E-state index is 13.0. The molecule has 0 amide bonds. The molecule has 0 bridgehead atoms. The van der Waals surface area contributed by atoms with E-state index in [0.29, 0.717) is 13.0 Å². The van der Waals surface area contributed by atoms with E-state index in [2.05, 4.69) is 5.32 Å². The lowest BCUT2D eigenvalue weighted by Gasteiger charge is -2.06. The highest BCUT2D eigenvalue weighted by molar-refractivity contribution is 6.13. The Morgan fingerprint density at radius 3 is 1.81 bits per heavy atom. The van der Waals surface area contributed by atoms with Crippen LogP contribution in [0.1, 0.15) is 17.5 Å². The quantitative estimate of drug-likeness (QED) is 0.855. The standard InChI is InChI=1S/C22H23NO3/c1-25-20-7-3-16(4-8-20)13-18-11-12-23-15-19(22(18)24)14-17-5-9-21(26-2)10-6-17/h3-10,13-14,23H,11-12,15H2,1-2H3. The molecule has 1 aliphatic heterocycles. The van der Waals surface area contributed by atoms with Crippen molar-refractivity contribution in [3.63, 3.8) is 0 Å². The Bertz CT molecular complexity index is 748. The van der Waals surface area contributed by atoms with Gasteiger partial charge in [-0.25, -0.2) is 0 Å². The molecule has 1 saturated heterocycles. The van der Waals surface area contributed by atoms with Crippen LogP contribution in [0.15, 0.2) is 59.7 Å². The number of carbonyl (C=O) groups is 1. The predicted octanol–water partition coefficient (Wildman–Crippen LogP) is 3.73. The maximum atomic E-state index is 13.0. The molecular weight excluding hydrogens is 326 g/mol. The summed E-state index contributed by atoms with van der Waals surface area (Å²) < 4.78 is 10.4. The number of nitrogens with one attached hydrogen (secondary N) is 1. The first-order valence-electron chi connectivity index (χ1n) is 8.64. The molecule has 2 aromatic carbocycles. The smallest absolute Gasteiger partial charge is 0.186 e. The monoisotopic (exact) mass is 349 g/mol. The summed E-state index contributed by atoms with van der Waals surface area (Å²) >= 11 is 0. The van der Waals surface area contributed by atoms with Gasteiger partial charge in [0.25, 0.3) is 0 Å². The highest BCUT2D eigenvalue weighted by Crippen LogP contribution is 2.21. The second-order valence-corrected chi connectivity index (χ2v) is 6.14. The van der Waals surface area contributed by atoms with Crippen molar-refractivity contribution in [3.05, 3.63) is 70.8 Å². The molecule has 0 spiro atoms. The van der Waals surface area contributed by atoms with Crippen molar-refractivity contribution in [1.29, 1.82) is 0 Å². The van der Waals surface area contributed by atoms with Crippen molar-refractivity contribution in [2.45, 2.75) is 6.42 Å². The van der Waals surface area contributed by atoms with Gasteiger partial charge in [0.2, 0.25) is 0 Å². The SMILES string of the molecule is COc1ccc(C=C2CCNCC(=Cc3ccc(OC)cc3)C2=O)cc1. The molecule has 0 aromatic heterocycles. The fourth-order valence-corrected chi connectivity index (χ4v) is 2.90. The zero-order chi connectivity index (χ0) is 18.4. The molecule has 2 aromatic rings. The summed E-state index contributed by atoms with van der Waals surface area (Å²) in [6.45, 7) is 1.36. The molecule has 0 atom stereocenters. The molecule has 1 N–H and O–H groups in total. The predicted molar refractivity (Wildman–Crippen MR) is 104 cm³/mol. The number of rotatable bonds is 4. The van der Waals surface area contributed by atoms with Crippen LogP contribution in [0.25, 0.3) is 12.2 Å². The highest BCUT2D eigenvalue weighted by atomic mass is 16.5. The zero-order valence-corrected chi connectivity index (χ0v) is 15.1. The summed E-state index contributed by atoms with van der Waals surface area (Å²) in [5.41, 5.74) is 3.58. The first-order valence-corrected chi connectivity index (χ1v) is 8.64. The molecule has 0 saturated carbocycles. The molecule has 0 radical (unpaired) electrons. The van der Waals surface area contributed by atoms with Gasteiger partial charge in [-0.2, -0.15) is 0 Å². The molecule has 4 heteroatoms. The Kier molecular flexibility index (Phi) is 5.87. The first-order chi connectivity index (χ1) is 12.7. The maximum Gasteiger partial charge on any atom is 0.186 e. The molecule has 1 aliphatic rings. The Labute approximate surface area is 154 Å². The Morgan fingerprint density at radius 1 is 0.808 bits per heavy atom. The number of carbonyl (C=O) groups excluding carboxylic acids is 1. The first kappa shape index (κ1) is 18.0. The number of ketones is 1. The van der Waals surface area contributed by atoms with Gasteiger partial charge in [-0.05, 0) is 60.5 Å². The average molecular weight is 349 g/mol. The van der Waals surface area contributed by atoms with Gasteiger partial charge < -0.3 is 14.8 Å². The lowest BCUT2D eigenvalue weighted by Crippen LogP contribution is -2.16. The van der Waals surface area contributed by atoms with E-state index in [1.165, 1.54) is 0 Å². The van der Waals surface area contributed by atoms with E-state index in [1.807, 2.05) is 60.7 Å². The topological polar surface area (TPSA) is 47.6 Å². The fourth-order valence-electron chi connectivity index (χ4n) is 2.90. The minimum Gasteiger partial charge on any atom is -0.497 e. The number of hydrogen-bond donors (Lipinski definition) is 1. The van der Waals surface area contributed by atoms with E-state index in [-0.39, 0.29) is 5.78 Å². The summed E-state index contributed by atoms with van der Waals surface area (Å²) in [6.07, 6.45) is 4.63. The number of methoxy groups -OCH3 is 2. The summed E-state index contributed by atoms with van der Waals surface area (Å²) in [6, 6.07) is 15.4. The van der Waals surface area contributed by atoms with E-state index < -0.39 is 0 Å². The molecular formula is C22H23NO3. The van der Waals surface area contributed by atoms with Crippen LogP contribution in [0.3, 0.4) is 0 Å². The van der Waals surface area contributed by atoms with Crippen LogP contribution in [-0.2, 0) is 4.79 Å². The number of ether oxygens (including phenoxy) is 2. The molecule has 26 heavy (non-hydrogen) atoms. The van der Waals surface area contributed by atoms with Crippen LogP contribution in [-0.4, -0.2) is 33.1 Å². The Morgan fingerprint density at radius 2 is 1.31 bits per heavy atom. The van der Waals surface area contributed by atoms with E-state index in [1.54, 1.807) is 14.2 Å². The van der Waals surface area contributed by atoms with Crippen LogP contribution < -0.4 is 14.8 Å². The van der Waals surface area contributed by atoms with Crippen molar-refractivity contribution < 1.29 is 14.3 Å². The highest BCUT2D eigenvalue weighted by Gasteiger charge is 2.18. The van der Waals surface area contributed by atoms with Crippen LogP contribution in [0.2, 0.25) is 0 Å². The van der Waals surface area contributed by atoms with Crippen molar-refractivity contribution in [1.82, 2.24) is 5.32 Å².